The minimum absolute atomic E-state index is 0.734. The third-order valence-corrected chi connectivity index (χ3v) is 3.44. The maximum Gasteiger partial charge on any atom is 0.0831 e. The van der Waals surface area contributed by atoms with Crippen molar-refractivity contribution in [2.24, 2.45) is 5.73 Å². The molecule has 2 aromatic carbocycles. The number of hydrogen-bond donors (Lipinski definition) is 1. The molecule has 0 amide bonds. The van der Waals surface area contributed by atoms with Crippen LogP contribution in [0.5, 0.6) is 0 Å². The molecule has 2 N–H and O–H groups in total. The maximum absolute atomic E-state index is 5.51. The van der Waals surface area contributed by atoms with Crippen LogP contribution < -0.4 is 5.73 Å². The van der Waals surface area contributed by atoms with Crippen LogP contribution >= 0.6 is 0 Å². The lowest BCUT2D eigenvalue weighted by Crippen LogP contribution is -1.99. The van der Waals surface area contributed by atoms with Crippen LogP contribution in [-0.4, -0.2) is 21.5 Å². The summed E-state index contributed by atoms with van der Waals surface area (Å²) in [5.74, 6) is 0. The standard InChI is InChI=1S/C16H18N4/c17-11-4-3-8-14-12-20(19-18-14)16-10-5-7-13-6-1-2-9-15(13)16/h1-2,5-7,9-10,12H,3-4,8,11,17H2. The first kappa shape index (κ1) is 12.8. The molecule has 0 saturated carbocycles. The van der Waals surface area contributed by atoms with E-state index in [1.807, 2.05) is 29.1 Å². The van der Waals surface area contributed by atoms with Crippen LogP contribution in [0.25, 0.3) is 16.5 Å². The van der Waals surface area contributed by atoms with E-state index in [9.17, 15) is 0 Å². The van der Waals surface area contributed by atoms with Crippen molar-refractivity contribution in [3.8, 4) is 5.69 Å². The van der Waals surface area contributed by atoms with E-state index in [0.29, 0.717) is 0 Å². The van der Waals surface area contributed by atoms with Gasteiger partial charge in [0.15, 0.2) is 0 Å². The first-order chi connectivity index (χ1) is 9.88. The zero-order chi connectivity index (χ0) is 13.8. The van der Waals surface area contributed by atoms with Crippen molar-refractivity contribution in [1.29, 1.82) is 0 Å². The van der Waals surface area contributed by atoms with Crippen LogP contribution in [0, 0.1) is 0 Å². The SMILES string of the molecule is NCCCCc1cn(-c2cccc3ccccc23)nn1. The number of aromatic nitrogens is 3. The summed E-state index contributed by atoms with van der Waals surface area (Å²) >= 11 is 0. The van der Waals surface area contributed by atoms with Crippen LogP contribution in [0.1, 0.15) is 18.5 Å². The van der Waals surface area contributed by atoms with E-state index in [1.54, 1.807) is 0 Å². The van der Waals surface area contributed by atoms with E-state index in [0.717, 1.165) is 37.2 Å². The van der Waals surface area contributed by atoms with E-state index in [2.05, 4.69) is 34.6 Å². The molecule has 1 aromatic heterocycles. The fourth-order valence-electron chi connectivity index (χ4n) is 2.39. The summed E-state index contributed by atoms with van der Waals surface area (Å²) in [6.45, 7) is 0.734. The van der Waals surface area contributed by atoms with Gasteiger partial charge in [0.25, 0.3) is 0 Å². The fourth-order valence-corrected chi connectivity index (χ4v) is 2.39. The second-order valence-corrected chi connectivity index (χ2v) is 4.90. The Kier molecular flexibility index (Phi) is 3.74. The Morgan fingerprint density at radius 1 is 1.00 bits per heavy atom. The van der Waals surface area contributed by atoms with Crippen molar-refractivity contribution in [3.63, 3.8) is 0 Å². The van der Waals surface area contributed by atoms with E-state index in [-0.39, 0.29) is 0 Å². The van der Waals surface area contributed by atoms with Gasteiger partial charge in [-0.15, -0.1) is 5.10 Å². The molecule has 0 fully saturated rings. The number of rotatable bonds is 5. The van der Waals surface area contributed by atoms with Crippen molar-refractivity contribution >= 4 is 10.8 Å². The molecule has 0 spiro atoms. The predicted octanol–water partition coefficient (Wildman–Crippen LogP) is 2.70. The molecule has 3 rings (SSSR count). The summed E-state index contributed by atoms with van der Waals surface area (Å²) in [6.07, 6.45) is 5.03. The zero-order valence-corrected chi connectivity index (χ0v) is 11.4. The number of nitrogens with two attached hydrogens (primary N) is 1. The molecule has 0 aliphatic heterocycles. The second-order valence-electron chi connectivity index (χ2n) is 4.90. The normalized spacial score (nSPS) is 11.1. The molecule has 0 unspecified atom stereocenters. The average Bonchev–Trinajstić information content (AvgIpc) is 2.96. The predicted molar refractivity (Wildman–Crippen MR) is 80.9 cm³/mol. The summed E-state index contributed by atoms with van der Waals surface area (Å²) in [5.41, 5.74) is 7.60. The molecule has 0 bridgehead atoms. The highest BCUT2D eigenvalue weighted by Gasteiger charge is 2.06. The smallest absolute Gasteiger partial charge is 0.0831 e. The molecule has 0 aliphatic carbocycles. The number of nitrogens with zero attached hydrogens (tertiary/aromatic N) is 3. The summed E-state index contributed by atoms with van der Waals surface area (Å²) in [6, 6.07) is 14.5. The van der Waals surface area contributed by atoms with Crippen LogP contribution in [-0.2, 0) is 6.42 Å². The van der Waals surface area contributed by atoms with Gasteiger partial charge >= 0.3 is 0 Å². The summed E-state index contributed by atoms with van der Waals surface area (Å²) < 4.78 is 1.86. The first-order valence-electron chi connectivity index (χ1n) is 6.98. The first-order valence-corrected chi connectivity index (χ1v) is 6.98. The van der Waals surface area contributed by atoms with Gasteiger partial charge in [-0.05, 0) is 37.3 Å². The molecule has 20 heavy (non-hydrogen) atoms. The zero-order valence-electron chi connectivity index (χ0n) is 11.4. The van der Waals surface area contributed by atoms with Crippen molar-refractivity contribution < 1.29 is 0 Å². The van der Waals surface area contributed by atoms with E-state index >= 15 is 0 Å². The van der Waals surface area contributed by atoms with Gasteiger partial charge in [-0.3, -0.25) is 0 Å². The number of unbranched alkanes of at least 4 members (excludes halogenated alkanes) is 1. The lowest BCUT2D eigenvalue weighted by atomic mass is 10.1. The van der Waals surface area contributed by atoms with Gasteiger partial charge in [0, 0.05) is 5.39 Å². The molecule has 102 valence electrons. The van der Waals surface area contributed by atoms with E-state index < -0.39 is 0 Å². The number of fused-ring (bicyclic) bond motifs is 1. The van der Waals surface area contributed by atoms with Crippen LogP contribution in [0.3, 0.4) is 0 Å². The topological polar surface area (TPSA) is 56.7 Å². The summed E-state index contributed by atoms with van der Waals surface area (Å²) in [4.78, 5) is 0. The van der Waals surface area contributed by atoms with Gasteiger partial charge in [0.2, 0.25) is 0 Å². The summed E-state index contributed by atoms with van der Waals surface area (Å²) in [7, 11) is 0. The van der Waals surface area contributed by atoms with Crippen molar-refractivity contribution in [1.82, 2.24) is 15.0 Å². The Bertz CT molecular complexity index is 697. The molecular weight excluding hydrogens is 248 g/mol. The molecule has 4 heteroatoms. The Balaban J connectivity index is 1.91. The highest BCUT2D eigenvalue weighted by atomic mass is 15.4. The monoisotopic (exact) mass is 266 g/mol. The van der Waals surface area contributed by atoms with Crippen molar-refractivity contribution in [2.75, 3.05) is 6.54 Å². The van der Waals surface area contributed by atoms with Gasteiger partial charge in [-0.1, -0.05) is 41.6 Å². The molecule has 0 saturated heterocycles. The third kappa shape index (κ3) is 2.56. The molecule has 0 aliphatic rings. The second kappa shape index (κ2) is 5.84. The minimum Gasteiger partial charge on any atom is -0.330 e. The van der Waals surface area contributed by atoms with Crippen LogP contribution in [0.15, 0.2) is 48.7 Å². The van der Waals surface area contributed by atoms with Crippen LogP contribution in [0.2, 0.25) is 0 Å². The molecule has 0 atom stereocenters. The minimum atomic E-state index is 0.734. The highest BCUT2D eigenvalue weighted by molar-refractivity contribution is 5.89. The molecule has 1 heterocycles. The fraction of sp³-hybridized carbons (Fsp3) is 0.250. The van der Waals surface area contributed by atoms with E-state index in [4.69, 9.17) is 5.73 Å². The van der Waals surface area contributed by atoms with Gasteiger partial charge in [-0.25, -0.2) is 4.68 Å². The van der Waals surface area contributed by atoms with Crippen molar-refractivity contribution in [2.45, 2.75) is 19.3 Å². The van der Waals surface area contributed by atoms with Gasteiger partial charge in [-0.2, -0.15) is 0 Å². The van der Waals surface area contributed by atoms with E-state index in [1.165, 1.54) is 10.8 Å². The molecule has 3 aromatic rings. The van der Waals surface area contributed by atoms with Gasteiger partial charge < -0.3 is 5.73 Å². The van der Waals surface area contributed by atoms with Crippen molar-refractivity contribution in [3.05, 3.63) is 54.4 Å². The average molecular weight is 266 g/mol. The number of benzene rings is 2. The van der Waals surface area contributed by atoms with Gasteiger partial charge in [0.1, 0.15) is 0 Å². The number of aryl methyl sites for hydroxylation is 1. The molecule has 0 radical (unpaired) electrons. The highest BCUT2D eigenvalue weighted by Crippen LogP contribution is 2.21. The number of hydrogen-bond acceptors (Lipinski definition) is 3. The quantitative estimate of drug-likeness (QED) is 0.722. The Labute approximate surface area is 118 Å². The van der Waals surface area contributed by atoms with Gasteiger partial charge in [0.05, 0.1) is 17.6 Å². The Morgan fingerprint density at radius 2 is 1.85 bits per heavy atom. The largest absolute Gasteiger partial charge is 0.330 e. The lowest BCUT2D eigenvalue weighted by molar-refractivity contribution is 0.727. The Morgan fingerprint density at radius 3 is 2.75 bits per heavy atom. The maximum atomic E-state index is 5.51. The molecule has 4 nitrogen and oxygen atoms in total. The van der Waals surface area contributed by atoms with Crippen LogP contribution in [0.4, 0.5) is 0 Å². The third-order valence-electron chi connectivity index (χ3n) is 3.44. The lowest BCUT2D eigenvalue weighted by Gasteiger charge is -2.05. The Hall–Kier alpha value is -2.20. The molecular formula is C16H18N4. The summed E-state index contributed by atoms with van der Waals surface area (Å²) in [5, 5.41) is 10.9.